The molecule has 0 saturated carbocycles. The highest BCUT2D eigenvalue weighted by atomic mass is 16.4. The van der Waals surface area contributed by atoms with Crippen LogP contribution in [0.3, 0.4) is 0 Å². The third-order valence-corrected chi connectivity index (χ3v) is 2.81. The third-order valence-electron chi connectivity index (χ3n) is 2.81. The normalized spacial score (nSPS) is 23.9. The molecule has 0 aromatic heterocycles. The van der Waals surface area contributed by atoms with Gasteiger partial charge in [0.2, 0.25) is 0 Å². The Morgan fingerprint density at radius 2 is 2.06 bits per heavy atom. The fraction of sp³-hybridized carbons (Fsp3) is 0.500. The van der Waals surface area contributed by atoms with Crippen LogP contribution < -0.4 is 0 Å². The van der Waals surface area contributed by atoms with Crippen LogP contribution in [0.15, 0.2) is 23.3 Å². The van der Waals surface area contributed by atoms with Crippen molar-refractivity contribution >= 4 is 11.9 Å². The van der Waals surface area contributed by atoms with Crippen LogP contribution in [0.25, 0.3) is 0 Å². The first-order valence-electron chi connectivity index (χ1n) is 5.39. The molecular formula is C12H16O5. The molecule has 5 heteroatoms. The smallest absolute Gasteiger partial charge is 0.331 e. The van der Waals surface area contributed by atoms with E-state index in [-0.39, 0.29) is 18.6 Å². The number of hydrogen-bond donors (Lipinski definition) is 3. The number of allylic oxidation sites excluding steroid dienone is 2. The summed E-state index contributed by atoms with van der Waals surface area (Å²) in [5.41, 5.74) is -0.411. The summed E-state index contributed by atoms with van der Waals surface area (Å²) >= 11 is 0. The minimum absolute atomic E-state index is 0.00261. The second kappa shape index (κ2) is 5.14. The molecular weight excluding hydrogens is 224 g/mol. The monoisotopic (exact) mass is 240 g/mol. The van der Waals surface area contributed by atoms with Crippen molar-refractivity contribution in [2.75, 3.05) is 6.61 Å². The summed E-state index contributed by atoms with van der Waals surface area (Å²) in [6, 6.07) is 0. The van der Waals surface area contributed by atoms with Gasteiger partial charge in [0.25, 0.3) is 0 Å². The molecule has 0 saturated heterocycles. The maximum absolute atomic E-state index is 11.1. The van der Waals surface area contributed by atoms with Gasteiger partial charge in [-0.15, -0.1) is 0 Å². The molecule has 0 bridgehead atoms. The molecule has 3 N–H and O–H groups in total. The second-order valence-corrected chi connectivity index (χ2v) is 4.42. The largest absolute Gasteiger partial charge is 0.481 e. The lowest BCUT2D eigenvalue weighted by atomic mass is 9.77. The van der Waals surface area contributed by atoms with Crippen molar-refractivity contribution < 1.29 is 24.9 Å². The van der Waals surface area contributed by atoms with Crippen molar-refractivity contribution in [1.82, 2.24) is 0 Å². The third kappa shape index (κ3) is 3.17. The maximum atomic E-state index is 11.1. The molecule has 0 spiro atoms. The highest BCUT2D eigenvalue weighted by molar-refractivity contribution is 5.90. The van der Waals surface area contributed by atoms with Crippen molar-refractivity contribution in [2.45, 2.75) is 26.2 Å². The first-order chi connectivity index (χ1) is 7.89. The molecule has 0 aromatic rings. The van der Waals surface area contributed by atoms with Crippen molar-refractivity contribution in [3.8, 4) is 0 Å². The van der Waals surface area contributed by atoms with E-state index in [1.807, 2.05) is 0 Å². The summed E-state index contributed by atoms with van der Waals surface area (Å²) in [4.78, 5) is 22.1. The Balaban J connectivity index is 3.02. The summed E-state index contributed by atoms with van der Waals surface area (Å²) in [6.07, 6.45) is 4.04. The molecule has 0 aromatic carbocycles. The van der Waals surface area contributed by atoms with Crippen LogP contribution in [0.4, 0.5) is 0 Å². The Hall–Kier alpha value is -1.62. The van der Waals surface area contributed by atoms with Crippen LogP contribution in [-0.2, 0) is 9.59 Å². The molecule has 1 aliphatic carbocycles. The van der Waals surface area contributed by atoms with Gasteiger partial charge in [-0.3, -0.25) is 4.79 Å². The van der Waals surface area contributed by atoms with Crippen molar-refractivity contribution in [3.63, 3.8) is 0 Å². The number of rotatable bonds is 5. The fourth-order valence-corrected chi connectivity index (χ4v) is 1.87. The fourth-order valence-electron chi connectivity index (χ4n) is 1.87. The minimum Gasteiger partial charge on any atom is -0.481 e. The molecule has 1 atom stereocenters. The zero-order chi connectivity index (χ0) is 13.1. The topological polar surface area (TPSA) is 94.8 Å². The first kappa shape index (κ1) is 13.4. The van der Waals surface area contributed by atoms with E-state index in [1.54, 1.807) is 6.08 Å². The van der Waals surface area contributed by atoms with Crippen LogP contribution in [0.5, 0.6) is 0 Å². The lowest BCUT2D eigenvalue weighted by Crippen LogP contribution is -2.29. The predicted molar refractivity (Wildman–Crippen MR) is 60.5 cm³/mol. The molecule has 0 amide bonds. The molecule has 17 heavy (non-hydrogen) atoms. The van der Waals surface area contributed by atoms with Gasteiger partial charge < -0.3 is 15.3 Å². The molecule has 0 fully saturated rings. The molecule has 0 radical (unpaired) electrons. The number of aliphatic hydroxyl groups excluding tert-OH is 1. The number of hydrogen-bond acceptors (Lipinski definition) is 3. The Bertz CT molecular complexity index is 394. The minimum atomic E-state index is -1.17. The molecule has 1 aliphatic rings. The summed E-state index contributed by atoms with van der Waals surface area (Å²) in [5, 5.41) is 26.8. The Kier molecular flexibility index (Phi) is 4.07. The van der Waals surface area contributed by atoms with Gasteiger partial charge in [-0.1, -0.05) is 11.6 Å². The average Bonchev–Trinajstić information content (AvgIpc) is 2.25. The number of carboxylic acid groups (broad SMARTS) is 2. The molecule has 1 rings (SSSR count). The molecule has 5 nitrogen and oxygen atoms in total. The van der Waals surface area contributed by atoms with Crippen molar-refractivity contribution in [2.24, 2.45) is 5.41 Å². The van der Waals surface area contributed by atoms with Gasteiger partial charge in [-0.2, -0.15) is 0 Å². The Labute approximate surface area is 99.1 Å². The van der Waals surface area contributed by atoms with E-state index in [9.17, 15) is 9.59 Å². The van der Waals surface area contributed by atoms with Gasteiger partial charge in [0.15, 0.2) is 0 Å². The zero-order valence-electron chi connectivity index (χ0n) is 9.64. The molecule has 0 aliphatic heterocycles. The van der Waals surface area contributed by atoms with Gasteiger partial charge in [0.05, 0.1) is 5.41 Å². The second-order valence-electron chi connectivity index (χ2n) is 4.42. The number of carbonyl (C=O) groups is 2. The van der Waals surface area contributed by atoms with Gasteiger partial charge in [0.1, 0.15) is 0 Å². The number of aliphatic carboxylic acids is 2. The Morgan fingerprint density at radius 1 is 1.41 bits per heavy atom. The lowest BCUT2D eigenvalue weighted by Gasteiger charge is -2.26. The van der Waals surface area contributed by atoms with E-state index < -0.39 is 17.4 Å². The van der Waals surface area contributed by atoms with E-state index in [4.69, 9.17) is 15.3 Å². The van der Waals surface area contributed by atoms with Crippen LogP contribution in [-0.4, -0.2) is 33.9 Å². The summed E-state index contributed by atoms with van der Waals surface area (Å²) in [6.45, 7) is 1.50. The first-order valence-corrected chi connectivity index (χ1v) is 5.39. The van der Waals surface area contributed by atoms with Gasteiger partial charge in [0, 0.05) is 12.2 Å². The van der Waals surface area contributed by atoms with Crippen molar-refractivity contribution in [1.29, 1.82) is 0 Å². The highest BCUT2D eigenvalue weighted by Crippen LogP contribution is 2.35. The molecule has 94 valence electrons. The SMILES string of the molecule is CC1(C(=O)O)C=C(CCCO)C=C(C(=O)O)C1. The standard InChI is InChI=1S/C12H16O5/c1-12(11(16)17)6-8(3-2-4-13)5-9(7-12)10(14)15/h5-6,13H,2-4,7H2,1H3,(H,14,15)(H,16,17). The predicted octanol–water partition coefficient (Wildman–Crippen LogP) is 1.19. The van der Waals surface area contributed by atoms with E-state index >= 15 is 0 Å². The van der Waals surface area contributed by atoms with Crippen molar-refractivity contribution in [3.05, 3.63) is 23.3 Å². The van der Waals surface area contributed by atoms with Gasteiger partial charge >= 0.3 is 11.9 Å². The number of aliphatic hydroxyl groups is 1. The summed E-state index contributed by atoms with van der Waals surface area (Å²) in [5.74, 6) is -2.13. The van der Waals surface area contributed by atoms with Gasteiger partial charge in [-0.25, -0.2) is 4.79 Å². The summed E-state index contributed by atoms with van der Waals surface area (Å²) < 4.78 is 0. The zero-order valence-corrected chi connectivity index (χ0v) is 9.64. The molecule has 0 heterocycles. The quantitative estimate of drug-likeness (QED) is 0.671. The lowest BCUT2D eigenvalue weighted by molar-refractivity contribution is -0.145. The van der Waals surface area contributed by atoms with E-state index in [0.29, 0.717) is 18.4 Å². The Morgan fingerprint density at radius 3 is 2.53 bits per heavy atom. The van der Waals surface area contributed by atoms with Crippen LogP contribution in [0, 0.1) is 5.41 Å². The van der Waals surface area contributed by atoms with E-state index in [0.717, 1.165) is 0 Å². The summed E-state index contributed by atoms with van der Waals surface area (Å²) in [7, 11) is 0. The van der Waals surface area contributed by atoms with Gasteiger partial charge in [-0.05, 0) is 32.3 Å². The maximum Gasteiger partial charge on any atom is 0.331 e. The highest BCUT2D eigenvalue weighted by Gasteiger charge is 2.36. The average molecular weight is 240 g/mol. The van der Waals surface area contributed by atoms with E-state index in [2.05, 4.69) is 0 Å². The van der Waals surface area contributed by atoms with Crippen LogP contribution in [0.2, 0.25) is 0 Å². The number of carboxylic acids is 2. The molecule has 1 unspecified atom stereocenters. The van der Waals surface area contributed by atoms with Crippen LogP contribution in [0.1, 0.15) is 26.2 Å². The van der Waals surface area contributed by atoms with E-state index in [1.165, 1.54) is 13.0 Å². The van der Waals surface area contributed by atoms with Crippen LogP contribution >= 0.6 is 0 Å².